The summed E-state index contributed by atoms with van der Waals surface area (Å²) in [5, 5.41) is 13.5. The number of fused-ring (bicyclic) bond motifs is 2. The highest BCUT2D eigenvalue weighted by Gasteiger charge is 2.27. The van der Waals surface area contributed by atoms with E-state index in [1.165, 1.54) is 0 Å². The maximum Gasteiger partial charge on any atom is 0.344 e. The number of benzene rings is 4. The summed E-state index contributed by atoms with van der Waals surface area (Å²) in [7, 11) is 1.58. The van der Waals surface area contributed by atoms with Crippen LogP contribution in [-0.2, 0) is 4.79 Å². The van der Waals surface area contributed by atoms with E-state index in [9.17, 15) is 14.7 Å². The highest BCUT2D eigenvalue weighted by Crippen LogP contribution is 2.27. The number of amides is 1. The van der Waals surface area contributed by atoms with Crippen molar-refractivity contribution in [2.24, 2.45) is 0 Å². The van der Waals surface area contributed by atoms with E-state index in [4.69, 9.17) is 18.6 Å². The molecule has 0 spiro atoms. The molecule has 1 N–H and O–H groups in total. The van der Waals surface area contributed by atoms with E-state index in [2.05, 4.69) is 0 Å². The Hall–Kier alpha value is -4.82. The van der Waals surface area contributed by atoms with Crippen LogP contribution in [0, 0.1) is 0 Å². The van der Waals surface area contributed by atoms with Crippen molar-refractivity contribution in [1.29, 1.82) is 0 Å². The topological polar surface area (TPSA) is 98.4 Å². The van der Waals surface area contributed by atoms with Gasteiger partial charge in [0.15, 0.2) is 6.10 Å². The van der Waals surface area contributed by atoms with Crippen molar-refractivity contribution in [2.75, 3.05) is 20.3 Å². The van der Waals surface area contributed by atoms with Crippen molar-refractivity contribution in [3.8, 4) is 28.4 Å². The second kappa shape index (κ2) is 13.0. The summed E-state index contributed by atoms with van der Waals surface area (Å²) in [6.07, 6.45) is -1.76. The lowest BCUT2D eigenvalue weighted by Crippen LogP contribution is -2.48. The maximum atomic E-state index is 13.4. The predicted molar refractivity (Wildman–Crippen MR) is 167 cm³/mol. The molecular formula is C35H35NO7. The molecule has 0 radical (unpaired) electrons. The fourth-order valence-electron chi connectivity index (χ4n) is 4.97. The number of carbonyl (C=O) groups is 1. The third-order valence-electron chi connectivity index (χ3n) is 7.26. The number of aliphatic hydroxyl groups excluding tert-OH is 1. The van der Waals surface area contributed by atoms with Gasteiger partial charge in [-0.05, 0) is 68.1 Å². The van der Waals surface area contributed by atoms with Gasteiger partial charge in [-0.2, -0.15) is 0 Å². The van der Waals surface area contributed by atoms with Gasteiger partial charge in [-0.1, -0.05) is 48.5 Å². The van der Waals surface area contributed by atoms with Gasteiger partial charge in [0.05, 0.1) is 19.2 Å². The molecule has 0 aliphatic heterocycles. The summed E-state index contributed by atoms with van der Waals surface area (Å²) in [5.41, 5.74) is 1.02. The molecule has 5 aromatic rings. The lowest BCUT2D eigenvalue weighted by molar-refractivity contribution is -0.141. The van der Waals surface area contributed by atoms with E-state index >= 15 is 0 Å². The highest BCUT2D eigenvalue weighted by atomic mass is 16.5. The molecule has 0 saturated heterocycles. The first-order valence-corrected chi connectivity index (χ1v) is 14.2. The maximum absolute atomic E-state index is 13.4. The predicted octanol–water partition coefficient (Wildman–Crippen LogP) is 6.07. The summed E-state index contributed by atoms with van der Waals surface area (Å²) in [4.78, 5) is 27.8. The summed E-state index contributed by atoms with van der Waals surface area (Å²) >= 11 is 0. The van der Waals surface area contributed by atoms with Gasteiger partial charge in [-0.3, -0.25) is 4.79 Å². The first-order chi connectivity index (χ1) is 20.7. The monoisotopic (exact) mass is 581 g/mol. The van der Waals surface area contributed by atoms with Gasteiger partial charge in [0, 0.05) is 22.9 Å². The van der Waals surface area contributed by atoms with Crippen LogP contribution in [0.15, 0.2) is 100 Å². The van der Waals surface area contributed by atoms with Crippen LogP contribution in [0.4, 0.5) is 0 Å². The quantitative estimate of drug-likeness (QED) is 0.189. The Bertz CT molecular complexity index is 1770. The summed E-state index contributed by atoms with van der Waals surface area (Å²) < 4.78 is 22.7. The fourth-order valence-corrected chi connectivity index (χ4v) is 4.97. The van der Waals surface area contributed by atoms with Crippen LogP contribution >= 0.6 is 0 Å². The molecule has 1 amide bonds. The fraction of sp³-hybridized carbons (Fsp3) is 0.257. The van der Waals surface area contributed by atoms with Gasteiger partial charge in [-0.25, -0.2) is 4.79 Å². The molecule has 0 bridgehead atoms. The average Bonchev–Trinajstić information content (AvgIpc) is 3.01. The zero-order chi connectivity index (χ0) is 30.5. The molecule has 0 aliphatic rings. The van der Waals surface area contributed by atoms with Crippen LogP contribution in [0.5, 0.6) is 17.2 Å². The molecule has 0 saturated carbocycles. The normalized spacial score (nSPS) is 12.7. The molecule has 0 aliphatic carbocycles. The third kappa shape index (κ3) is 6.81. The van der Waals surface area contributed by atoms with Gasteiger partial charge >= 0.3 is 5.63 Å². The van der Waals surface area contributed by atoms with Crippen LogP contribution in [0.25, 0.3) is 32.9 Å². The Morgan fingerprint density at radius 1 is 0.884 bits per heavy atom. The number of aliphatic hydroxyl groups is 1. The molecule has 4 aromatic carbocycles. The number of rotatable bonds is 11. The van der Waals surface area contributed by atoms with Crippen LogP contribution in [0.1, 0.15) is 20.8 Å². The van der Waals surface area contributed by atoms with Crippen molar-refractivity contribution in [2.45, 2.75) is 39.0 Å². The molecule has 8 heteroatoms. The van der Waals surface area contributed by atoms with Crippen LogP contribution in [-0.4, -0.2) is 54.4 Å². The molecule has 8 nitrogen and oxygen atoms in total. The molecule has 222 valence electrons. The Labute approximate surface area is 250 Å². The van der Waals surface area contributed by atoms with Gasteiger partial charge in [-0.15, -0.1) is 0 Å². The van der Waals surface area contributed by atoms with Crippen molar-refractivity contribution >= 4 is 27.6 Å². The van der Waals surface area contributed by atoms with Gasteiger partial charge in [0.1, 0.15) is 35.5 Å². The Kier molecular flexibility index (Phi) is 8.97. The zero-order valence-electron chi connectivity index (χ0n) is 24.7. The first kappa shape index (κ1) is 29.7. The van der Waals surface area contributed by atoms with Crippen LogP contribution in [0.2, 0.25) is 0 Å². The van der Waals surface area contributed by atoms with E-state index in [0.29, 0.717) is 28.4 Å². The third-order valence-corrected chi connectivity index (χ3v) is 7.26. The molecule has 2 atom stereocenters. The van der Waals surface area contributed by atoms with Crippen molar-refractivity contribution in [1.82, 2.24) is 4.90 Å². The van der Waals surface area contributed by atoms with Crippen molar-refractivity contribution in [3.63, 3.8) is 0 Å². The minimum Gasteiger partial charge on any atom is -0.497 e. The number of hydrogen-bond acceptors (Lipinski definition) is 7. The Morgan fingerprint density at radius 2 is 1.60 bits per heavy atom. The van der Waals surface area contributed by atoms with Gasteiger partial charge in [0.25, 0.3) is 5.91 Å². The van der Waals surface area contributed by atoms with Crippen molar-refractivity contribution in [3.05, 3.63) is 101 Å². The highest BCUT2D eigenvalue weighted by molar-refractivity contribution is 5.88. The van der Waals surface area contributed by atoms with E-state index < -0.39 is 17.8 Å². The Morgan fingerprint density at radius 3 is 2.35 bits per heavy atom. The molecule has 43 heavy (non-hydrogen) atoms. The van der Waals surface area contributed by atoms with Crippen LogP contribution in [0.3, 0.4) is 0 Å². The Balaban J connectivity index is 1.24. The molecule has 1 heterocycles. The average molecular weight is 582 g/mol. The minimum absolute atomic E-state index is 0.0297. The van der Waals surface area contributed by atoms with E-state index in [1.54, 1.807) is 67.5 Å². The van der Waals surface area contributed by atoms with Crippen LogP contribution < -0.4 is 19.8 Å². The molecule has 1 unspecified atom stereocenters. The smallest absolute Gasteiger partial charge is 0.344 e. The molecule has 0 fully saturated rings. The second-order valence-electron chi connectivity index (χ2n) is 10.7. The number of hydrogen-bond donors (Lipinski definition) is 1. The lowest BCUT2D eigenvalue weighted by Gasteiger charge is -2.31. The van der Waals surface area contributed by atoms with Gasteiger partial charge < -0.3 is 28.6 Å². The van der Waals surface area contributed by atoms with Crippen molar-refractivity contribution < 1.29 is 28.5 Å². The van der Waals surface area contributed by atoms with E-state index in [0.717, 1.165) is 21.7 Å². The molecule has 1 aromatic heterocycles. The summed E-state index contributed by atoms with van der Waals surface area (Å²) in [5.74, 6) is 1.47. The van der Waals surface area contributed by atoms with E-state index in [-0.39, 0.29) is 25.1 Å². The first-order valence-electron chi connectivity index (χ1n) is 14.2. The summed E-state index contributed by atoms with van der Waals surface area (Å²) in [6, 6.07) is 27.5. The molecular weight excluding hydrogens is 546 g/mol. The largest absolute Gasteiger partial charge is 0.497 e. The number of nitrogens with zero attached hydrogens (tertiary/aromatic N) is 1. The number of carbonyl (C=O) groups excluding carboxylic acids is 1. The minimum atomic E-state index is -0.910. The zero-order valence-corrected chi connectivity index (χ0v) is 24.7. The SMILES string of the molecule is COc1ccc(-c2cc3ccc(O[C@H](C)C(=O)N(CC(O)COc4cccc5ccccc45)C(C)C)cc3oc2=O)cc1. The number of methoxy groups -OCH3 is 1. The summed E-state index contributed by atoms with van der Waals surface area (Å²) in [6.45, 7) is 5.53. The second-order valence-corrected chi connectivity index (χ2v) is 10.7. The van der Waals surface area contributed by atoms with E-state index in [1.807, 2.05) is 56.3 Å². The standard InChI is InChI=1S/C35H35NO7/c1-22(2)36(20-27(37)21-41-32-11-7-9-24-8-5-6-10-30(24)32)34(38)23(3)42-29-17-14-26-18-31(35(39)43-33(26)19-29)25-12-15-28(40-4)16-13-25/h5-19,22-23,27,37H,20-21H2,1-4H3/t23-,27?/m1/s1. The number of ether oxygens (including phenoxy) is 3. The van der Waals surface area contributed by atoms with Gasteiger partial charge in [0.2, 0.25) is 0 Å². The molecule has 5 rings (SSSR count). The lowest BCUT2D eigenvalue weighted by atomic mass is 10.1.